The molecule has 0 aliphatic carbocycles. The van der Waals surface area contributed by atoms with Crippen LogP contribution in [0.3, 0.4) is 0 Å². The Morgan fingerprint density at radius 3 is 2.62 bits per heavy atom. The predicted octanol–water partition coefficient (Wildman–Crippen LogP) is 5.08. The van der Waals surface area contributed by atoms with E-state index in [1.54, 1.807) is 7.11 Å². The van der Waals surface area contributed by atoms with E-state index in [2.05, 4.69) is 42.5 Å². The molecular weight excluding hydrogens is 296 g/mol. The van der Waals surface area contributed by atoms with Crippen LogP contribution >= 0.6 is 0 Å². The minimum absolute atomic E-state index is 0.0307. The summed E-state index contributed by atoms with van der Waals surface area (Å²) in [6.45, 7) is 14.3. The molecule has 0 spiro atoms. The molecule has 24 heavy (non-hydrogen) atoms. The summed E-state index contributed by atoms with van der Waals surface area (Å²) in [5, 5.41) is 3.29. The van der Waals surface area contributed by atoms with E-state index in [1.165, 1.54) is 11.1 Å². The number of amidine groups is 1. The SMILES string of the molecule is C=CC(=CC(C)=C(C)OC)C(C=C)C1=C(CC)CC=CNC1=NC. The van der Waals surface area contributed by atoms with Gasteiger partial charge in [-0.05, 0) is 44.0 Å². The Kier molecular flexibility index (Phi) is 8.03. The average molecular weight is 326 g/mol. The highest BCUT2D eigenvalue weighted by molar-refractivity contribution is 6.01. The third-order valence-electron chi connectivity index (χ3n) is 4.37. The van der Waals surface area contributed by atoms with E-state index in [0.717, 1.165) is 35.6 Å². The Labute approximate surface area is 146 Å². The molecule has 0 aromatic carbocycles. The molecule has 1 aliphatic rings. The Bertz CT molecular complexity index is 630. The lowest BCUT2D eigenvalue weighted by atomic mass is 9.84. The molecule has 0 fully saturated rings. The standard InChI is InChI=1S/C21H30N2O/c1-8-17-12-11-13-23-21(22-6)20(17)19(10-3)18(9-2)14-15(4)16(5)24-7/h9-11,13-14,19H,2-3,8,12H2,1,4-7H3,(H,22,23). The first-order valence-corrected chi connectivity index (χ1v) is 8.32. The van der Waals surface area contributed by atoms with Gasteiger partial charge in [-0.3, -0.25) is 4.99 Å². The molecule has 1 aliphatic heterocycles. The summed E-state index contributed by atoms with van der Waals surface area (Å²) in [6, 6.07) is 0. The Hall–Kier alpha value is -2.29. The molecule has 1 heterocycles. The number of rotatable bonds is 7. The molecule has 0 aromatic rings. The normalized spacial score (nSPS) is 19.4. The van der Waals surface area contributed by atoms with E-state index in [9.17, 15) is 0 Å². The first-order valence-electron chi connectivity index (χ1n) is 8.32. The molecule has 0 saturated carbocycles. The van der Waals surface area contributed by atoms with Crippen molar-refractivity contribution in [2.45, 2.75) is 33.6 Å². The van der Waals surface area contributed by atoms with Gasteiger partial charge < -0.3 is 10.1 Å². The van der Waals surface area contributed by atoms with E-state index in [-0.39, 0.29) is 5.92 Å². The van der Waals surface area contributed by atoms with Crippen LogP contribution in [-0.2, 0) is 4.74 Å². The zero-order valence-corrected chi connectivity index (χ0v) is 15.6. The van der Waals surface area contributed by atoms with E-state index >= 15 is 0 Å². The van der Waals surface area contributed by atoms with Crippen LogP contribution < -0.4 is 5.32 Å². The molecule has 0 radical (unpaired) electrons. The minimum atomic E-state index is 0.0307. The fourth-order valence-electron chi connectivity index (χ4n) is 2.79. The van der Waals surface area contributed by atoms with Crippen molar-refractivity contribution in [3.8, 4) is 0 Å². The summed E-state index contributed by atoms with van der Waals surface area (Å²) in [5.74, 6) is 1.82. The van der Waals surface area contributed by atoms with E-state index in [0.29, 0.717) is 0 Å². The Morgan fingerprint density at radius 2 is 2.12 bits per heavy atom. The first-order chi connectivity index (χ1) is 11.5. The van der Waals surface area contributed by atoms with Crippen LogP contribution in [-0.4, -0.2) is 20.0 Å². The predicted molar refractivity (Wildman–Crippen MR) is 105 cm³/mol. The van der Waals surface area contributed by atoms with Crippen molar-refractivity contribution in [3.63, 3.8) is 0 Å². The molecule has 1 N–H and O–H groups in total. The molecule has 0 aromatic heterocycles. The number of ether oxygens (including phenoxy) is 1. The highest BCUT2D eigenvalue weighted by Crippen LogP contribution is 2.31. The van der Waals surface area contributed by atoms with Crippen molar-refractivity contribution in [2.75, 3.05) is 14.2 Å². The van der Waals surface area contributed by atoms with Crippen LogP contribution in [0.1, 0.15) is 33.6 Å². The number of nitrogens with one attached hydrogen (secondary N) is 1. The molecule has 1 unspecified atom stereocenters. The summed E-state index contributed by atoms with van der Waals surface area (Å²) < 4.78 is 5.34. The van der Waals surface area contributed by atoms with Gasteiger partial charge in [0.1, 0.15) is 5.84 Å². The molecule has 1 atom stereocenters. The lowest BCUT2D eigenvalue weighted by Crippen LogP contribution is -2.25. The zero-order chi connectivity index (χ0) is 18.1. The maximum absolute atomic E-state index is 5.34. The molecule has 3 nitrogen and oxygen atoms in total. The van der Waals surface area contributed by atoms with Gasteiger partial charge >= 0.3 is 0 Å². The second-order valence-corrected chi connectivity index (χ2v) is 5.70. The zero-order valence-electron chi connectivity index (χ0n) is 15.6. The van der Waals surface area contributed by atoms with Crippen molar-refractivity contribution in [1.82, 2.24) is 5.32 Å². The Balaban J connectivity index is 3.50. The molecule has 0 saturated heterocycles. The number of aliphatic imine (C=N–C) groups is 1. The third-order valence-corrected chi connectivity index (χ3v) is 4.37. The monoisotopic (exact) mass is 326 g/mol. The van der Waals surface area contributed by atoms with E-state index in [4.69, 9.17) is 4.74 Å². The van der Waals surface area contributed by atoms with Crippen LogP contribution in [0.4, 0.5) is 0 Å². The van der Waals surface area contributed by atoms with Crippen molar-refractivity contribution < 1.29 is 4.74 Å². The lowest BCUT2D eigenvalue weighted by Gasteiger charge is -2.23. The van der Waals surface area contributed by atoms with Crippen molar-refractivity contribution in [2.24, 2.45) is 10.9 Å². The maximum Gasteiger partial charge on any atom is 0.128 e. The third kappa shape index (κ3) is 4.60. The summed E-state index contributed by atoms with van der Waals surface area (Å²) >= 11 is 0. The van der Waals surface area contributed by atoms with Gasteiger partial charge in [-0.15, -0.1) is 6.58 Å². The average Bonchev–Trinajstić information content (AvgIpc) is 2.82. The summed E-state index contributed by atoms with van der Waals surface area (Å²) in [6.07, 6.45) is 12.0. The van der Waals surface area contributed by atoms with Gasteiger partial charge in [0.25, 0.3) is 0 Å². The van der Waals surface area contributed by atoms with Gasteiger partial charge in [0.15, 0.2) is 0 Å². The van der Waals surface area contributed by atoms with Gasteiger partial charge in [0, 0.05) is 18.5 Å². The van der Waals surface area contributed by atoms with Crippen LogP contribution in [0.25, 0.3) is 0 Å². The summed E-state index contributed by atoms with van der Waals surface area (Å²) in [7, 11) is 3.50. The number of hydrogen-bond donors (Lipinski definition) is 1. The van der Waals surface area contributed by atoms with Crippen molar-refractivity contribution in [3.05, 3.63) is 71.7 Å². The largest absolute Gasteiger partial charge is 0.501 e. The summed E-state index contributed by atoms with van der Waals surface area (Å²) in [4.78, 5) is 4.45. The first kappa shape index (κ1) is 19.8. The summed E-state index contributed by atoms with van der Waals surface area (Å²) in [5.41, 5.74) is 4.71. The molecule has 130 valence electrons. The van der Waals surface area contributed by atoms with Crippen LogP contribution in [0, 0.1) is 5.92 Å². The van der Waals surface area contributed by atoms with Gasteiger partial charge in [0.2, 0.25) is 0 Å². The molecule has 0 bridgehead atoms. The van der Waals surface area contributed by atoms with Gasteiger partial charge in [-0.25, -0.2) is 0 Å². The highest BCUT2D eigenvalue weighted by Gasteiger charge is 2.23. The molecule has 3 heteroatoms. The topological polar surface area (TPSA) is 33.6 Å². The van der Waals surface area contributed by atoms with Crippen LogP contribution in [0.2, 0.25) is 0 Å². The van der Waals surface area contributed by atoms with Crippen LogP contribution in [0.5, 0.6) is 0 Å². The van der Waals surface area contributed by atoms with Gasteiger partial charge in [0.05, 0.1) is 12.9 Å². The molecule has 1 rings (SSSR count). The van der Waals surface area contributed by atoms with E-state index < -0.39 is 0 Å². The van der Waals surface area contributed by atoms with Crippen LogP contribution in [0.15, 0.2) is 76.7 Å². The number of nitrogens with zero attached hydrogens (tertiary/aromatic N) is 1. The second-order valence-electron chi connectivity index (χ2n) is 5.70. The molecular formula is C21H30N2O. The van der Waals surface area contributed by atoms with Crippen molar-refractivity contribution >= 4 is 5.84 Å². The van der Waals surface area contributed by atoms with E-state index in [1.807, 2.05) is 39.2 Å². The number of allylic oxidation sites excluding steroid dienone is 8. The minimum Gasteiger partial charge on any atom is -0.501 e. The maximum atomic E-state index is 5.34. The molecule has 0 amide bonds. The van der Waals surface area contributed by atoms with Gasteiger partial charge in [-0.1, -0.05) is 43.4 Å². The number of methoxy groups -OCH3 is 1. The second kappa shape index (κ2) is 9.76. The number of hydrogen-bond acceptors (Lipinski definition) is 2. The lowest BCUT2D eigenvalue weighted by molar-refractivity contribution is 0.290. The highest BCUT2D eigenvalue weighted by atomic mass is 16.5. The van der Waals surface area contributed by atoms with Crippen molar-refractivity contribution in [1.29, 1.82) is 0 Å². The Morgan fingerprint density at radius 1 is 1.42 bits per heavy atom. The van der Waals surface area contributed by atoms with Gasteiger partial charge in [-0.2, -0.15) is 0 Å². The fraction of sp³-hybridized carbons (Fsp3) is 0.381. The fourth-order valence-corrected chi connectivity index (χ4v) is 2.79. The quantitative estimate of drug-likeness (QED) is 0.402. The smallest absolute Gasteiger partial charge is 0.128 e.